The lowest BCUT2D eigenvalue weighted by molar-refractivity contribution is 0.517. The van der Waals surface area contributed by atoms with E-state index in [0.717, 1.165) is 37.3 Å². The van der Waals surface area contributed by atoms with Crippen LogP contribution < -0.4 is 5.32 Å². The molecule has 1 aliphatic heterocycles. The zero-order valence-corrected chi connectivity index (χ0v) is 10.5. The highest BCUT2D eigenvalue weighted by Gasteiger charge is 2.23. The Morgan fingerprint density at radius 1 is 1.38 bits per heavy atom. The lowest BCUT2D eigenvalue weighted by Gasteiger charge is -2.21. The van der Waals surface area contributed by atoms with Gasteiger partial charge in [0.2, 0.25) is 5.16 Å². The third-order valence-corrected chi connectivity index (χ3v) is 4.25. The molecule has 5 heteroatoms. The van der Waals surface area contributed by atoms with E-state index in [1.807, 2.05) is 19.9 Å². The van der Waals surface area contributed by atoms with Crippen molar-refractivity contribution >= 4 is 10.8 Å². The fraction of sp³-hybridized carbons (Fsp3) is 0.636. The van der Waals surface area contributed by atoms with E-state index in [-0.39, 0.29) is 5.25 Å². The van der Waals surface area contributed by atoms with E-state index >= 15 is 0 Å². The fourth-order valence-corrected chi connectivity index (χ4v) is 3.35. The van der Waals surface area contributed by atoms with E-state index in [2.05, 4.69) is 15.3 Å². The van der Waals surface area contributed by atoms with Gasteiger partial charge in [-0.2, -0.15) is 0 Å². The molecule has 16 heavy (non-hydrogen) atoms. The highest BCUT2D eigenvalue weighted by atomic mass is 32.2. The molecular formula is C11H17N3OS. The van der Waals surface area contributed by atoms with Crippen LogP contribution in [0.5, 0.6) is 0 Å². The van der Waals surface area contributed by atoms with Crippen molar-refractivity contribution in [2.24, 2.45) is 0 Å². The first-order valence-corrected chi connectivity index (χ1v) is 6.81. The van der Waals surface area contributed by atoms with E-state index in [0.29, 0.717) is 5.16 Å². The summed E-state index contributed by atoms with van der Waals surface area (Å²) in [6.45, 7) is 5.66. The molecule has 1 N–H and O–H groups in total. The van der Waals surface area contributed by atoms with Crippen LogP contribution in [0.3, 0.4) is 0 Å². The van der Waals surface area contributed by atoms with Crippen LogP contribution in [0.15, 0.2) is 11.2 Å². The van der Waals surface area contributed by atoms with Crippen LogP contribution in [-0.4, -0.2) is 32.5 Å². The molecule has 1 aromatic rings. The molecule has 1 aliphatic rings. The molecule has 0 bridgehead atoms. The topological polar surface area (TPSA) is 54.9 Å². The van der Waals surface area contributed by atoms with Crippen LogP contribution >= 0.6 is 0 Å². The summed E-state index contributed by atoms with van der Waals surface area (Å²) in [5.41, 5.74) is 1.78. The maximum atomic E-state index is 12.3. The number of aryl methyl sites for hydroxylation is 2. The molecule has 1 saturated heterocycles. The molecule has 1 fully saturated rings. The van der Waals surface area contributed by atoms with Crippen molar-refractivity contribution in [3.05, 3.63) is 17.5 Å². The molecule has 2 heterocycles. The number of nitrogens with zero attached hydrogens (tertiary/aromatic N) is 2. The molecule has 0 amide bonds. The first-order valence-electron chi connectivity index (χ1n) is 5.60. The fourth-order valence-electron chi connectivity index (χ4n) is 1.94. The van der Waals surface area contributed by atoms with Crippen molar-refractivity contribution in [2.45, 2.75) is 37.1 Å². The summed E-state index contributed by atoms with van der Waals surface area (Å²) >= 11 is 0. The zero-order chi connectivity index (χ0) is 11.5. The lowest BCUT2D eigenvalue weighted by atomic mass is 10.2. The molecule has 2 atom stereocenters. The van der Waals surface area contributed by atoms with E-state index in [4.69, 9.17) is 0 Å². The summed E-state index contributed by atoms with van der Waals surface area (Å²) in [4.78, 5) is 8.54. The minimum absolute atomic E-state index is 0.162. The molecule has 0 aliphatic carbocycles. The standard InChI is InChI=1S/C11H17N3OS/c1-8-6-9(2)14-11(13-8)16(15)10-4-3-5-12-7-10/h6,10,12H,3-5,7H2,1-2H3/t10-,16-/m0/s1. The minimum atomic E-state index is -1.08. The van der Waals surface area contributed by atoms with Gasteiger partial charge >= 0.3 is 0 Å². The number of aromatic nitrogens is 2. The van der Waals surface area contributed by atoms with Crippen LogP contribution in [0, 0.1) is 13.8 Å². The molecule has 1 aromatic heterocycles. The molecule has 2 rings (SSSR count). The Balaban J connectivity index is 2.19. The third kappa shape index (κ3) is 2.65. The zero-order valence-electron chi connectivity index (χ0n) is 9.69. The van der Waals surface area contributed by atoms with Crippen LogP contribution in [0.2, 0.25) is 0 Å². The van der Waals surface area contributed by atoms with Crippen molar-refractivity contribution < 1.29 is 4.21 Å². The van der Waals surface area contributed by atoms with E-state index in [1.165, 1.54) is 0 Å². The van der Waals surface area contributed by atoms with Gasteiger partial charge in [-0.05, 0) is 39.3 Å². The molecule has 0 spiro atoms. The van der Waals surface area contributed by atoms with Gasteiger partial charge in [-0.3, -0.25) is 4.21 Å². The van der Waals surface area contributed by atoms with Gasteiger partial charge in [-0.15, -0.1) is 0 Å². The van der Waals surface area contributed by atoms with Gasteiger partial charge in [0.25, 0.3) is 0 Å². The Labute approximate surface area is 98.3 Å². The summed E-state index contributed by atoms with van der Waals surface area (Å²) in [5.74, 6) is 0. The second-order valence-corrected chi connectivity index (χ2v) is 5.83. The summed E-state index contributed by atoms with van der Waals surface area (Å²) in [5, 5.41) is 3.92. The minimum Gasteiger partial charge on any atom is -0.316 e. The number of rotatable bonds is 2. The summed E-state index contributed by atoms with van der Waals surface area (Å²) in [6.07, 6.45) is 2.08. The van der Waals surface area contributed by atoms with Crippen molar-refractivity contribution in [3.63, 3.8) is 0 Å². The second-order valence-electron chi connectivity index (χ2n) is 4.20. The van der Waals surface area contributed by atoms with E-state index in [1.54, 1.807) is 0 Å². The van der Waals surface area contributed by atoms with Crippen molar-refractivity contribution in [3.8, 4) is 0 Å². The SMILES string of the molecule is Cc1cc(C)nc([S@@](=O)[C@H]2CCCNC2)n1. The van der Waals surface area contributed by atoms with Crippen LogP contribution in [0.25, 0.3) is 0 Å². The number of hydrogen-bond donors (Lipinski definition) is 1. The van der Waals surface area contributed by atoms with E-state index in [9.17, 15) is 4.21 Å². The van der Waals surface area contributed by atoms with Gasteiger partial charge < -0.3 is 5.32 Å². The monoisotopic (exact) mass is 239 g/mol. The average molecular weight is 239 g/mol. The van der Waals surface area contributed by atoms with Crippen molar-refractivity contribution in [2.75, 3.05) is 13.1 Å². The van der Waals surface area contributed by atoms with Gasteiger partial charge in [0.15, 0.2) is 0 Å². The van der Waals surface area contributed by atoms with Crippen LogP contribution in [0.4, 0.5) is 0 Å². The second kappa shape index (κ2) is 5.01. The molecule has 88 valence electrons. The summed E-state index contributed by atoms with van der Waals surface area (Å²) in [7, 11) is -1.08. The smallest absolute Gasteiger partial charge is 0.219 e. The van der Waals surface area contributed by atoms with Gasteiger partial charge in [0.05, 0.1) is 16.0 Å². The molecule has 0 saturated carbocycles. The third-order valence-electron chi connectivity index (χ3n) is 2.70. The summed E-state index contributed by atoms with van der Waals surface area (Å²) in [6, 6.07) is 1.90. The first-order chi connectivity index (χ1) is 7.66. The lowest BCUT2D eigenvalue weighted by Crippen LogP contribution is -2.36. The predicted octanol–water partition coefficient (Wildman–Crippen LogP) is 0.953. The van der Waals surface area contributed by atoms with Gasteiger partial charge in [-0.25, -0.2) is 9.97 Å². The molecular weight excluding hydrogens is 222 g/mol. The average Bonchev–Trinajstić information content (AvgIpc) is 2.28. The Hall–Kier alpha value is -0.810. The Bertz CT molecular complexity index is 382. The molecule has 0 radical (unpaired) electrons. The highest BCUT2D eigenvalue weighted by Crippen LogP contribution is 2.14. The summed E-state index contributed by atoms with van der Waals surface area (Å²) < 4.78 is 12.3. The Morgan fingerprint density at radius 2 is 2.06 bits per heavy atom. The molecule has 4 nitrogen and oxygen atoms in total. The Kier molecular flexibility index (Phi) is 3.66. The van der Waals surface area contributed by atoms with Crippen molar-refractivity contribution in [1.82, 2.24) is 15.3 Å². The number of hydrogen-bond acceptors (Lipinski definition) is 4. The molecule has 0 unspecified atom stereocenters. The maximum absolute atomic E-state index is 12.3. The maximum Gasteiger partial charge on any atom is 0.219 e. The van der Waals surface area contributed by atoms with Crippen molar-refractivity contribution in [1.29, 1.82) is 0 Å². The number of nitrogens with one attached hydrogen (secondary N) is 1. The van der Waals surface area contributed by atoms with Crippen LogP contribution in [-0.2, 0) is 10.8 Å². The highest BCUT2D eigenvalue weighted by molar-refractivity contribution is 7.85. The normalized spacial score (nSPS) is 23.0. The van der Waals surface area contributed by atoms with E-state index < -0.39 is 10.8 Å². The quantitative estimate of drug-likeness (QED) is 0.781. The van der Waals surface area contributed by atoms with Crippen LogP contribution in [0.1, 0.15) is 24.2 Å². The molecule has 0 aromatic carbocycles. The largest absolute Gasteiger partial charge is 0.316 e. The van der Waals surface area contributed by atoms with Gasteiger partial charge in [0, 0.05) is 17.9 Å². The first kappa shape index (κ1) is 11.7. The Morgan fingerprint density at radius 3 is 2.62 bits per heavy atom. The van der Waals surface area contributed by atoms with Gasteiger partial charge in [-0.1, -0.05) is 0 Å². The predicted molar refractivity (Wildman–Crippen MR) is 63.8 cm³/mol. The number of piperidine rings is 1. The van der Waals surface area contributed by atoms with Gasteiger partial charge in [0.1, 0.15) is 0 Å².